The monoisotopic (exact) mass is 282 g/mol. The van der Waals surface area contributed by atoms with E-state index in [1.807, 2.05) is 6.07 Å². The Morgan fingerprint density at radius 2 is 2.00 bits per heavy atom. The Hall–Kier alpha value is -2.08. The molecule has 1 N–H and O–H groups in total. The maximum absolute atomic E-state index is 13.6. The van der Waals surface area contributed by atoms with E-state index in [4.69, 9.17) is 0 Å². The molecule has 1 heterocycles. The second-order valence-corrected chi connectivity index (χ2v) is 4.06. The number of nitrogens with one attached hydrogen (secondary N) is 1. The van der Waals surface area contributed by atoms with Crippen molar-refractivity contribution in [3.05, 3.63) is 59.7 Å². The maximum Gasteiger partial charge on any atom is 0.387 e. The van der Waals surface area contributed by atoms with E-state index in [1.165, 1.54) is 18.2 Å². The van der Waals surface area contributed by atoms with E-state index < -0.39 is 12.4 Å². The van der Waals surface area contributed by atoms with E-state index in [0.717, 1.165) is 5.56 Å². The van der Waals surface area contributed by atoms with E-state index >= 15 is 0 Å². The third-order valence-corrected chi connectivity index (χ3v) is 2.65. The first-order valence-corrected chi connectivity index (χ1v) is 5.98. The highest BCUT2D eigenvalue weighted by molar-refractivity contribution is 5.34. The third kappa shape index (κ3) is 3.96. The topological polar surface area (TPSA) is 34.1 Å². The van der Waals surface area contributed by atoms with Crippen LogP contribution in [0.1, 0.15) is 11.1 Å². The minimum absolute atomic E-state index is 0.0803. The molecule has 2 aromatic rings. The molecule has 1 aromatic carbocycles. The van der Waals surface area contributed by atoms with Crippen LogP contribution >= 0.6 is 0 Å². The average molecular weight is 282 g/mol. The number of hydrogen-bond donors (Lipinski definition) is 1. The molecule has 0 radical (unpaired) electrons. The number of alkyl halides is 2. The second-order valence-electron chi connectivity index (χ2n) is 4.06. The molecule has 6 heteroatoms. The highest BCUT2D eigenvalue weighted by atomic mass is 19.3. The molecule has 3 nitrogen and oxygen atoms in total. The number of pyridine rings is 1. The van der Waals surface area contributed by atoms with Gasteiger partial charge in [-0.15, -0.1) is 0 Å². The Labute approximate surface area is 114 Å². The quantitative estimate of drug-likeness (QED) is 0.884. The van der Waals surface area contributed by atoms with Gasteiger partial charge in [-0.3, -0.25) is 4.98 Å². The largest absolute Gasteiger partial charge is 0.434 e. The molecule has 0 aliphatic heterocycles. The first kappa shape index (κ1) is 14.3. The number of hydrogen-bond acceptors (Lipinski definition) is 3. The van der Waals surface area contributed by atoms with Gasteiger partial charge in [-0.1, -0.05) is 12.1 Å². The predicted molar refractivity (Wildman–Crippen MR) is 67.8 cm³/mol. The van der Waals surface area contributed by atoms with Gasteiger partial charge in [0, 0.05) is 31.0 Å². The summed E-state index contributed by atoms with van der Waals surface area (Å²) < 4.78 is 42.4. The molecule has 0 aliphatic rings. The summed E-state index contributed by atoms with van der Waals surface area (Å²) in [5.74, 6) is -0.736. The standard InChI is InChI=1S/C14H13F3N2O/c15-12-4-1-5-13(20-14(16)17)11(12)9-19-8-10-3-2-6-18-7-10/h1-7,14,19H,8-9H2. The van der Waals surface area contributed by atoms with Gasteiger partial charge >= 0.3 is 6.61 Å². The molecule has 0 unspecified atom stereocenters. The predicted octanol–water partition coefficient (Wildman–Crippen LogP) is 3.11. The number of aromatic nitrogens is 1. The van der Waals surface area contributed by atoms with Crippen LogP contribution in [0.25, 0.3) is 0 Å². The van der Waals surface area contributed by atoms with E-state index in [1.54, 1.807) is 18.5 Å². The zero-order valence-corrected chi connectivity index (χ0v) is 10.5. The van der Waals surface area contributed by atoms with E-state index in [0.29, 0.717) is 6.54 Å². The van der Waals surface area contributed by atoms with Crippen molar-refractivity contribution in [2.75, 3.05) is 0 Å². The summed E-state index contributed by atoms with van der Waals surface area (Å²) in [5.41, 5.74) is 0.997. The fourth-order valence-corrected chi connectivity index (χ4v) is 1.75. The van der Waals surface area contributed by atoms with Gasteiger partial charge in [0.1, 0.15) is 11.6 Å². The number of rotatable bonds is 6. The van der Waals surface area contributed by atoms with Crippen molar-refractivity contribution in [2.24, 2.45) is 0 Å². The van der Waals surface area contributed by atoms with Gasteiger partial charge < -0.3 is 10.1 Å². The minimum atomic E-state index is -2.98. The van der Waals surface area contributed by atoms with Crippen LogP contribution in [0, 0.1) is 5.82 Å². The molecule has 2 rings (SSSR count). The Kier molecular flexibility index (Phi) is 4.95. The zero-order valence-electron chi connectivity index (χ0n) is 10.5. The van der Waals surface area contributed by atoms with Crippen LogP contribution in [0.15, 0.2) is 42.7 Å². The molecule has 0 atom stereocenters. The summed E-state index contributed by atoms with van der Waals surface area (Å²) in [6, 6.07) is 7.50. The molecular weight excluding hydrogens is 269 g/mol. The highest BCUT2D eigenvalue weighted by Gasteiger charge is 2.13. The van der Waals surface area contributed by atoms with Crippen LogP contribution in [-0.4, -0.2) is 11.6 Å². The highest BCUT2D eigenvalue weighted by Crippen LogP contribution is 2.23. The van der Waals surface area contributed by atoms with Crippen molar-refractivity contribution in [2.45, 2.75) is 19.7 Å². The molecule has 0 saturated heterocycles. The van der Waals surface area contributed by atoms with E-state index in [9.17, 15) is 13.2 Å². The van der Waals surface area contributed by atoms with Gasteiger partial charge in [-0.2, -0.15) is 8.78 Å². The lowest BCUT2D eigenvalue weighted by molar-refractivity contribution is -0.0506. The van der Waals surface area contributed by atoms with Gasteiger partial charge in [0.25, 0.3) is 0 Å². The average Bonchev–Trinajstić information content (AvgIpc) is 2.42. The Morgan fingerprint density at radius 3 is 2.70 bits per heavy atom. The lowest BCUT2D eigenvalue weighted by atomic mass is 10.2. The van der Waals surface area contributed by atoms with Crippen LogP contribution in [-0.2, 0) is 13.1 Å². The fourth-order valence-electron chi connectivity index (χ4n) is 1.75. The molecule has 0 amide bonds. The van der Waals surface area contributed by atoms with Crippen LogP contribution in [0.3, 0.4) is 0 Å². The van der Waals surface area contributed by atoms with Gasteiger partial charge in [0.05, 0.1) is 0 Å². The summed E-state index contributed by atoms with van der Waals surface area (Å²) in [4.78, 5) is 3.95. The Balaban J connectivity index is 2.01. The van der Waals surface area contributed by atoms with Gasteiger partial charge in [0.2, 0.25) is 0 Å². The molecule has 0 spiro atoms. The van der Waals surface area contributed by atoms with Crippen molar-refractivity contribution >= 4 is 0 Å². The molecule has 0 saturated carbocycles. The van der Waals surface area contributed by atoms with Gasteiger partial charge in [0.15, 0.2) is 0 Å². The summed E-state index contributed by atoms with van der Waals surface area (Å²) in [6.45, 7) is -2.44. The molecular formula is C14H13F3N2O. The van der Waals surface area contributed by atoms with E-state index in [2.05, 4.69) is 15.0 Å². The van der Waals surface area contributed by atoms with Crippen LogP contribution < -0.4 is 10.1 Å². The number of benzene rings is 1. The number of halogens is 3. The molecule has 106 valence electrons. The van der Waals surface area contributed by atoms with E-state index in [-0.39, 0.29) is 17.9 Å². The van der Waals surface area contributed by atoms with Crippen molar-refractivity contribution in [1.29, 1.82) is 0 Å². The third-order valence-electron chi connectivity index (χ3n) is 2.65. The molecule has 0 fully saturated rings. The summed E-state index contributed by atoms with van der Waals surface area (Å²) in [6.07, 6.45) is 3.32. The lowest BCUT2D eigenvalue weighted by Gasteiger charge is -2.12. The minimum Gasteiger partial charge on any atom is -0.434 e. The summed E-state index contributed by atoms with van der Waals surface area (Å²) in [7, 11) is 0. The smallest absolute Gasteiger partial charge is 0.387 e. The van der Waals surface area contributed by atoms with Crippen molar-refractivity contribution in [1.82, 2.24) is 10.3 Å². The molecule has 1 aromatic heterocycles. The van der Waals surface area contributed by atoms with Crippen LogP contribution in [0.2, 0.25) is 0 Å². The Bertz CT molecular complexity index is 549. The summed E-state index contributed by atoms with van der Waals surface area (Å²) >= 11 is 0. The van der Waals surface area contributed by atoms with Crippen LogP contribution in [0.4, 0.5) is 13.2 Å². The van der Waals surface area contributed by atoms with Crippen molar-refractivity contribution < 1.29 is 17.9 Å². The second kappa shape index (κ2) is 6.91. The normalized spacial score (nSPS) is 10.8. The van der Waals surface area contributed by atoms with Crippen molar-refractivity contribution in [3.63, 3.8) is 0 Å². The van der Waals surface area contributed by atoms with Gasteiger partial charge in [-0.05, 0) is 23.8 Å². The maximum atomic E-state index is 13.6. The number of ether oxygens (including phenoxy) is 1. The molecule has 0 aliphatic carbocycles. The Morgan fingerprint density at radius 1 is 1.15 bits per heavy atom. The van der Waals surface area contributed by atoms with Crippen molar-refractivity contribution in [3.8, 4) is 5.75 Å². The fraction of sp³-hybridized carbons (Fsp3) is 0.214. The first-order valence-electron chi connectivity index (χ1n) is 5.98. The lowest BCUT2D eigenvalue weighted by Crippen LogP contribution is -2.16. The van der Waals surface area contributed by atoms with Crippen LogP contribution in [0.5, 0.6) is 5.75 Å². The zero-order chi connectivity index (χ0) is 14.4. The molecule has 0 bridgehead atoms. The first-order chi connectivity index (χ1) is 9.66. The molecule has 20 heavy (non-hydrogen) atoms. The number of nitrogens with zero attached hydrogens (tertiary/aromatic N) is 1. The summed E-state index contributed by atoms with van der Waals surface area (Å²) in [5, 5.41) is 2.97. The SMILES string of the molecule is Fc1cccc(OC(F)F)c1CNCc1cccnc1. The van der Waals surface area contributed by atoms with Gasteiger partial charge in [-0.25, -0.2) is 4.39 Å².